The highest BCUT2D eigenvalue weighted by atomic mass is 32.2. The lowest BCUT2D eigenvalue weighted by atomic mass is 9.96. The molecule has 3 N–H and O–H groups in total. The highest BCUT2D eigenvalue weighted by Gasteiger charge is 2.31. The average molecular weight is 509 g/mol. The third-order valence-electron chi connectivity index (χ3n) is 4.62. The Kier molecular flexibility index (Phi) is 7.11. The topological polar surface area (TPSA) is 124 Å². The first kappa shape index (κ1) is 26.0. The number of fused-ring (bicyclic) bond motifs is 1. The van der Waals surface area contributed by atoms with Crippen LogP contribution in [0.2, 0.25) is 0 Å². The number of amidine groups is 1. The van der Waals surface area contributed by atoms with Crippen LogP contribution in [0, 0.1) is 6.92 Å². The molecular formula is C22H23F3N6O3S. The molecule has 1 aromatic carbocycles. The van der Waals surface area contributed by atoms with Crippen LogP contribution < -0.4 is 11.1 Å². The zero-order chi connectivity index (χ0) is 26.1. The molecule has 3 rings (SSSR count). The number of anilines is 1. The Balaban J connectivity index is 2.08. The van der Waals surface area contributed by atoms with Gasteiger partial charge in [-0.25, -0.2) is 9.31 Å². The number of ether oxygens (including phenoxy) is 1. The quantitative estimate of drug-likeness (QED) is 0.380. The van der Waals surface area contributed by atoms with Gasteiger partial charge < -0.3 is 15.8 Å². The SMILES string of the molecule is CSC(=NC(=O)OC(C)(C)C)NC(=O)c1cn2nc(N)nc2c(-c2cccc(C(F)(F)F)c2)c1C. The second-order valence-corrected chi connectivity index (χ2v) is 9.21. The Morgan fingerprint density at radius 2 is 1.91 bits per heavy atom. The number of aliphatic imine (C=N–C) groups is 1. The van der Waals surface area contributed by atoms with Crippen LogP contribution in [0.15, 0.2) is 35.5 Å². The van der Waals surface area contributed by atoms with Crippen molar-refractivity contribution in [1.82, 2.24) is 19.9 Å². The molecule has 0 radical (unpaired) electrons. The van der Waals surface area contributed by atoms with Crippen molar-refractivity contribution in [3.8, 4) is 11.1 Å². The zero-order valence-corrected chi connectivity index (χ0v) is 20.3. The van der Waals surface area contributed by atoms with E-state index in [1.165, 1.54) is 22.8 Å². The number of pyridine rings is 1. The number of alkyl halides is 3. The van der Waals surface area contributed by atoms with E-state index < -0.39 is 29.3 Å². The fourth-order valence-corrected chi connectivity index (χ4v) is 3.56. The Bertz CT molecular complexity index is 1330. The normalized spacial score (nSPS) is 12.6. The smallest absolute Gasteiger partial charge is 0.436 e. The van der Waals surface area contributed by atoms with Gasteiger partial charge >= 0.3 is 12.3 Å². The molecule has 35 heavy (non-hydrogen) atoms. The lowest BCUT2D eigenvalue weighted by molar-refractivity contribution is -0.137. The van der Waals surface area contributed by atoms with E-state index in [0.717, 1.165) is 23.9 Å². The molecule has 0 spiro atoms. The number of nitrogens with one attached hydrogen (secondary N) is 1. The number of nitrogen functional groups attached to an aromatic ring is 1. The number of nitrogens with zero attached hydrogens (tertiary/aromatic N) is 4. The molecular weight excluding hydrogens is 485 g/mol. The minimum absolute atomic E-state index is 0.0255. The van der Waals surface area contributed by atoms with Crippen LogP contribution in [0.5, 0.6) is 0 Å². The number of nitrogens with two attached hydrogens (primary N) is 1. The van der Waals surface area contributed by atoms with E-state index in [0.29, 0.717) is 5.56 Å². The minimum Gasteiger partial charge on any atom is -0.442 e. The number of hydrogen-bond acceptors (Lipinski definition) is 7. The number of carbonyl (C=O) groups excluding carboxylic acids is 2. The van der Waals surface area contributed by atoms with Crippen LogP contribution in [0.1, 0.15) is 42.3 Å². The molecule has 2 amide bonds. The second-order valence-electron chi connectivity index (χ2n) is 8.42. The fourth-order valence-electron chi connectivity index (χ4n) is 3.20. The third kappa shape index (κ3) is 6.10. The Hall–Kier alpha value is -3.61. The van der Waals surface area contributed by atoms with Crippen molar-refractivity contribution in [3.63, 3.8) is 0 Å². The lowest BCUT2D eigenvalue weighted by Crippen LogP contribution is -2.31. The molecule has 0 bridgehead atoms. The summed E-state index contributed by atoms with van der Waals surface area (Å²) in [6.07, 6.45) is -2.49. The molecule has 0 unspecified atom stereocenters. The molecule has 13 heteroatoms. The summed E-state index contributed by atoms with van der Waals surface area (Å²) >= 11 is 1.00. The molecule has 0 aliphatic rings. The molecule has 2 aromatic heterocycles. The van der Waals surface area contributed by atoms with Gasteiger partial charge in [0.1, 0.15) is 5.60 Å². The van der Waals surface area contributed by atoms with E-state index in [1.807, 2.05) is 0 Å². The van der Waals surface area contributed by atoms with Gasteiger partial charge in [-0.05, 0) is 57.2 Å². The van der Waals surface area contributed by atoms with E-state index in [-0.39, 0.29) is 33.5 Å². The summed E-state index contributed by atoms with van der Waals surface area (Å²) in [5.74, 6) is -0.783. The molecule has 0 saturated carbocycles. The van der Waals surface area contributed by atoms with Gasteiger partial charge in [0.2, 0.25) is 5.95 Å². The number of benzene rings is 1. The minimum atomic E-state index is -4.56. The van der Waals surface area contributed by atoms with Gasteiger partial charge in [-0.2, -0.15) is 23.1 Å². The van der Waals surface area contributed by atoms with Crippen molar-refractivity contribution < 1.29 is 27.5 Å². The van der Waals surface area contributed by atoms with E-state index in [9.17, 15) is 22.8 Å². The van der Waals surface area contributed by atoms with E-state index in [2.05, 4.69) is 20.4 Å². The molecule has 9 nitrogen and oxygen atoms in total. The average Bonchev–Trinajstić information content (AvgIpc) is 3.10. The largest absolute Gasteiger partial charge is 0.442 e. The molecule has 0 aliphatic carbocycles. The molecule has 0 fully saturated rings. The zero-order valence-electron chi connectivity index (χ0n) is 19.5. The van der Waals surface area contributed by atoms with Gasteiger partial charge in [0.25, 0.3) is 5.91 Å². The first-order chi connectivity index (χ1) is 16.2. The van der Waals surface area contributed by atoms with E-state index in [4.69, 9.17) is 10.5 Å². The fraction of sp³-hybridized carbons (Fsp3) is 0.318. The molecule has 3 aromatic rings. The predicted octanol–water partition coefficient (Wildman–Crippen LogP) is 4.69. The Labute approximate surface area is 203 Å². The van der Waals surface area contributed by atoms with Gasteiger partial charge in [-0.1, -0.05) is 23.9 Å². The summed E-state index contributed by atoms with van der Waals surface area (Å²) in [6.45, 7) is 6.60. The van der Waals surface area contributed by atoms with Gasteiger partial charge in [0.05, 0.1) is 11.1 Å². The number of thioether (sulfide) groups is 1. The summed E-state index contributed by atoms with van der Waals surface area (Å²) < 4.78 is 46.3. The summed E-state index contributed by atoms with van der Waals surface area (Å²) in [4.78, 5) is 33.1. The van der Waals surface area contributed by atoms with E-state index in [1.54, 1.807) is 34.0 Å². The van der Waals surface area contributed by atoms with Gasteiger partial charge in [0, 0.05) is 11.8 Å². The van der Waals surface area contributed by atoms with Crippen LogP contribution >= 0.6 is 11.8 Å². The van der Waals surface area contributed by atoms with Crippen LogP contribution in [-0.4, -0.2) is 43.6 Å². The summed E-state index contributed by atoms with van der Waals surface area (Å²) in [5.41, 5.74) is 5.11. The standard InChI is InChI=1S/C22H23F3N6O3S/c1-11-14(17(32)28-19(35-5)29-20(33)34-21(2,3)4)10-31-16(27-18(26)30-31)15(11)12-7-6-8-13(9-12)22(23,24)25/h6-10H,1-5H3,(H2,26,30)(H,28,29,32,33). The Morgan fingerprint density at radius 3 is 2.51 bits per heavy atom. The van der Waals surface area contributed by atoms with Crippen LogP contribution in [0.4, 0.5) is 23.9 Å². The highest BCUT2D eigenvalue weighted by Crippen LogP contribution is 2.35. The number of rotatable bonds is 2. The van der Waals surface area contributed by atoms with Crippen LogP contribution in [0.25, 0.3) is 16.8 Å². The van der Waals surface area contributed by atoms with Crippen molar-refractivity contribution >= 4 is 40.5 Å². The molecule has 186 valence electrons. The van der Waals surface area contributed by atoms with Crippen molar-refractivity contribution in [1.29, 1.82) is 0 Å². The predicted molar refractivity (Wildman–Crippen MR) is 127 cm³/mol. The van der Waals surface area contributed by atoms with Crippen LogP contribution in [-0.2, 0) is 10.9 Å². The van der Waals surface area contributed by atoms with E-state index >= 15 is 0 Å². The summed E-state index contributed by atoms with van der Waals surface area (Å²) in [6, 6.07) is 4.65. The maximum atomic E-state index is 13.3. The number of amides is 2. The van der Waals surface area contributed by atoms with Gasteiger partial charge in [-0.3, -0.25) is 4.79 Å². The number of aromatic nitrogens is 3. The third-order valence-corrected chi connectivity index (χ3v) is 5.21. The lowest BCUT2D eigenvalue weighted by Gasteiger charge is -2.18. The molecule has 0 aliphatic heterocycles. The number of halogens is 3. The second kappa shape index (κ2) is 9.56. The van der Waals surface area contributed by atoms with Crippen molar-refractivity contribution in [2.45, 2.75) is 39.5 Å². The number of hydrogen-bond donors (Lipinski definition) is 2. The van der Waals surface area contributed by atoms with Crippen LogP contribution in [0.3, 0.4) is 0 Å². The molecule has 0 atom stereocenters. The van der Waals surface area contributed by atoms with Crippen molar-refractivity contribution in [2.75, 3.05) is 12.0 Å². The maximum Gasteiger partial charge on any atom is 0.436 e. The monoisotopic (exact) mass is 508 g/mol. The highest BCUT2D eigenvalue weighted by molar-refractivity contribution is 8.13. The first-order valence-corrected chi connectivity index (χ1v) is 11.4. The summed E-state index contributed by atoms with van der Waals surface area (Å²) in [7, 11) is 0. The maximum absolute atomic E-state index is 13.3. The van der Waals surface area contributed by atoms with Gasteiger partial charge in [0.15, 0.2) is 10.8 Å². The Morgan fingerprint density at radius 1 is 1.23 bits per heavy atom. The van der Waals surface area contributed by atoms with Gasteiger partial charge in [-0.15, -0.1) is 5.10 Å². The molecule has 0 saturated heterocycles. The number of carbonyl (C=O) groups is 2. The molecule has 2 heterocycles. The van der Waals surface area contributed by atoms with Crippen molar-refractivity contribution in [2.24, 2.45) is 4.99 Å². The first-order valence-electron chi connectivity index (χ1n) is 10.2. The van der Waals surface area contributed by atoms with Crippen molar-refractivity contribution in [3.05, 3.63) is 47.2 Å². The summed E-state index contributed by atoms with van der Waals surface area (Å²) in [5, 5.41) is 6.52.